The van der Waals surface area contributed by atoms with Crippen molar-refractivity contribution in [1.82, 2.24) is 14.2 Å². The van der Waals surface area contributed by atoms with E-state index >= 15 is 0 Å². The molecular weight excluding hydrogens is 436 g/mol. The molecule has 0 saturated carbocycles. The highest BCUT2D eigenvalue weighted by atomic mass is 32.2. The van der Waals surface area contributed by atoms with Gasteiger partial charge in [-0.1, -0.05) is 12.1 Å². The summed E-state index contributed by atoms with van der Waals surface area (Å²) in [6.45, 7) is 6.29. The maximum absolute atomic E-state index is 13.0. The van der Waals surface area contributed by atoms with E-state index in [0.29, 0.717) is 26.2 Å². The number of carbonyl (C=O) groups excluding carboxylic acids is 1. The van der Waals surface area contributed by atoms with Crippen LogP contribution in [-0.4, -0.2) is 71.3 Å². The molecule has 5 heterocycles. The molecule has 33 heavy (non-hydrogen) atoms. The lowest BCUT2D eigenvalue weighted by Crippen LogP contribution is -2.52. The summed E-state index contributed by atoms with van der Waals surface area (Å²) >= 11 is 1.62. The Bertz CT molecular complexity index is 1080. The number of pyridine rings is 1. The van der Waals surface area contributed by atoms with Gasteiger partial charge in [0.1, 0.15) is 18.6 Å². The zero-order valence-corrected chi connectivity index (χ0v) is 19.6. The molecule has 0 N–H and O–H groups in total. The SMILES string of the molecule is Cc1ccc2c(c1)OCC(SN1CC(=O)N3CC4(CCN(c5ccncc5)CC4)OC3C1)=C2. The largest absolute Gasteiger partial charge is 0.488 e. The molecule has 7 nitrogen and oxygen atoms in total. The zero-order valence-electron chi connectivity index (χ0n) is 18.8. The number of benzene rings is 1. The van der Waals surface area contributed by atoms with E-state index in [0.717, 1.165) is 42.1 Å². The van der Waals surface area contributed by atoms with Crippen LogP contribution < -0.4 is 9.64 Å². The van der Waals surface area contributed by atoms with Crippen LogP contribution in [0, 0.1) is 6.92 Å². The Morgan fingerprint density at radius 3 is 2.79 bits per heavy atom. The number of aryl methyl sites for hydroxylation is 1. The summed E-state index contributed by atoms with van der Waals surface area (Å²) in [6, 6.07) is 10.4. The summed E-state index contributed by atoms with van der Waals surface area (Å²) < 4.78 is 14.7. The predicted molar refractivity (Wildman–Crippen MR) is 129 cm³/mol. The monoisotopic (exact) mass is 464 g/mol. The molecule has 172 valence electrons. The summed E-state index contributed by atoms with van der Waals surface area (Å²) in [4.78, 5) is 22.6. The van der Waals surface area contributed by atoms with Crippen LogP contribution in [0.4, 0.5) is 5.69 Å². The van der Waals surface area contributed by atoms with Crippen molar-refractivity contribution >= 4 is 29.6 Å². The minimum atomic E-state index is -0.228. The molecule has 1 atom stereocenters. The van der Waals surface area contributed by atoms with Crippen molar-refractivity contribution < 1.29 is 14.3 Å². The molecule has 2 aromatic rings. The number of piperidine rings is 1. The molecule has 1 unspecified atom stereocenters. The van der Waals surface area contributed by atoms with Crippen LogP contribution >= 0.6 is 11.9 Å². The summed E-state index contributed by atoms with van der Waals surface area (Å²) in [5, 5.41) is 0. The van der Waals surface area contributed by atoms with Crippen LogP contribution in [0.15, 0.2) is 47.6 Å². The number of ether oxygens (including phenoxy) is 2. The Morgan fingerprint density at radius 1 is 1.15 bits per heavy atom. The van der Waals surface area contributed by atoms with Gasteiger partial charge in [-0.3, -0.25) is 9.78 Å². The van der Waals surface area contributed by atoms with Gasteiger partial charge in [0.15, 0.2) is 0 Å². The number of anilines is 1. The molecule has 1 aromatic carbocycles. The van der Waals surface area contributed by atoms with E-state index in [1.807, 2.05) is 17.3 Å². The molecule has 1 amide bonds. The number of rotatable bonds is 3. The standard InChI is InChI=1S/C25H28N4O3S/c1-18-2-3-19-13-21(16-31-22(19)12-18)33-28-14-23(30)29-17-25(32-24(29)15-28)6-10-27(11-7-25)20-4-8-26-9-5-20/h2-5,8-9,12-13,24H,6-7,10-11,14-17H2,1H3. The first-order chi connectivity index (χ1) is 16.1. The summed E-state index contributed by atoms with van der Waals surface area (Å²) in [5.74, 6) is 1.08. The van der Waals surface area contributed by atoms with E-state index in [1.54, 1.807) is 11.9 Å². The highest BCUT2D eigenvalue weighted by Gasteiger charge is 2.50. The fourth-order valence-corrected chi connectivity index (χ4v) is 6.21. The van der Waals surface area contributed by atoms with Gasteiger partial charge in [-0.2, -0.15) is 0 Å². The van der Waals surface area contributed by atoms with Crippen molar-refractivity contribution in [2.45, 2.75) is 31.6 Å². The van der Waals surface area contributed by atoms with Gasteiger partial charge in [-0.15, -0.1) is 0 Å². The van der Waals surface area contributed by atoms with Crippen molar-refractivity contribution in [3.05, 3.63) is 58.8 Å². The second-order valence-electron chi connectivity index (χ2n) is 9.32. The van der Waals surface area contributed by atoms with Gasteiger partial charge in [-0.05, 0) is 61.6 Å². The third-order valence-electron chi connectivity index (χ3n) is 6.99. The first-order valence-electron chi connectivity index (χ1n) is 11.6. The summed E-state index contributed by atoms with van der Waals surface area (Å²) in [6.07, 6.45) is 7.53. The van der Waals surface area contributed by atoms with E-state index in [4.69, 9.17) is 9.47 Å². The van der Waals surface area contributed by atoms with Crippen molar-refractivity contribution in [2.75, 3.05) is 44.2 Å². The van der Waals surface area contributed by atoms with Crippen molar-refractivity contribution in [3.8, 4) is 5.75 Å². The van der Waals surface area contributed by atoms with E-state index in [2.05, 4.69) is 57.5 Å². The molecule has 0 aliphatic carbocycles. The third-order valence-corrected chi connectivity index (χ3v) is 7.99. The fraction of sp³-hybridized carbons (Fsp3) is 0.440. The Labute approximate surface area is 198 Å². The van der Waals surface area contributed by atoms with Crippen molar-refractivity contribution in [2.24, 2.45) is 0 Å². The van der Waals surface area contributed by atoms with Gasteiger partial charge in [0, 0.05) is 41.6 Å². The summed E-state index contributed by atoms with van der Waals surface area (Å²) in [5.41, 5.74) is 3.26. The molecule has 6 rings (SSSR count). The summed E-state index contributed by atoms with van der Waals surface area (Å²) in [7, 11) is 0. The number of hydrogen-bond acceptors (Lipinski definition) is 7. The van der Waals surface area contributed by atoms with E-state index < -0.39 is 0 Å². The maximum atomic E-state index is 13.0. The number of hydrogen-bond donors (Lipinski definition) is 0. The molecule has 1 spiro atoms. The fourth-order valence-electron chi connectivity index (χ4n) is 5.21. The maximum Gasteiger partial charge on any atom is 0.239 e. The number of carbonyl (C=O) groups is 1. The second kappa shape index (κ2) is 8.34. The van der Waals surface area contributed by atoms with Crippen molar-refractivity contribution in [3.63, 3.8) is 0 Å². The van der Waals surface area contributed by atoms with Gasteiger partial charge in [0.2, 0.25) is 5.91 Å². The van der Waals surface area contributed by atoms with Gasteiger partial charge in [0.05, 0.1) is 25.2 Å². The first-order valence-corrected chi connectivity index (χ1v) is 12.3. The molecule has 3 saturated heterocycles. The van der Waals surface area contributed by atoms with Gasteiger partial charge in [0.25, 0.3) is 0 Å². The van der Waals surface area contributed by atoms with E-state index in [-0.39, 0.29) is 17.7 Å². The van der Waals surface area contributed by atoms with Crippen LogP contribution in [-0.2, 0) is 9.53 Å². The number of aromatic nitrogens is 1. The van der Waals surface area contributed by atoms with Crippen LogP contribution in [0.5, 0.6) is 5.75 Å². The van der Waals surface area contributed by atoms with Crippen LogP contribution in [0.25, 0.3) is 6.08 Å². The Balaban J connectivity index is 1.10. The van der Waals surface area contributed by atoms with Crippen LogP contribution in [0.3, 0.4) is 0 Å². The third kappa shape index (κ3) is 4.11. The molecule has 0 bridgehead atoms. The molecule has 3 fully saturated rings. The molecule has 1 aromatic heterocycles. The molecule has 4 aliphatic heterocycles. The number of piperazine rings is 1. The van der Waals surface area contributed by atoms with Gasteiger partial charge in [-0.25, -0.2) is 4.31 Å². The molecule has 0 radical (unpaired) electrons. The zero-order chi connectivity index (χ0) is 22.4. The number of fused-ring (bicyclic) bond motifs is 2. The second-order valence-corrected chi connectivity index (χ2v) is 10.5. The smallest absolute Gasteiger partial charge is 0.239 e. The van der Waals surface area contributed by atoms with Crippen molar-refractivity contribution in [1.29, 1.82) is 0 Å². The lowest BCUT2D eigenvalue weighted by Gasteiger charge is -2.39. The highest BCUT2D eigenvalue weighted by Crippen LogP contribution is 2.40. The van der Waals surface area contributed by atoms with Gasteiger partial charge >= 0.3 is 0 Å². The van der Waals surface area contributed by atoms with E-state index in [1.165, 1.54) is 11.3 Å². The molecule has 4 aliphatic rings. The minimum Gasteiger partial charge on any atom is -0.488 e. The average Bonchev–Trinajstić information content (AvgIpc) is 3.18. The lowest BCUT2D eigenvalue weighted by molar-refractivity contribution is -0.144. The quantitative estimate of drug-likeness (QED) is 0.646. The number of amides is 1. The van der Waals surface area contributed by atoms with Crippen LogP contribution in [0.2, 0.25) is 0 Å². The minimum absolute atomic E-state index is 0.153. The highest BCUT2D eigenvalue weighted by molar-refractivity contribution is 8.01. The number of nitrogens with zero attached hydrogens (tertiary/aromatic N) is 4. The average molecular weight is 465 g/mol. The predicted octanol–water partition coefficient (Wildman–Crippen LogP) is 3.31. The van der Waals surface area contributed by atoms with Gasteiger partial charge < -0.3 is 19.3 Å². The topological polar surface area (TPSA) is 58.1 Å². The first kappa shape index (κ1) is 21.0. The normalized spacial score (nSPS) is 24.3. The molecule has 8 heteroatoms. The molecular formula is C25H28N4O3S. The Morgan fingerprint density at radius 2 is 1.97 bits per heavy atom. The Hall–Kier alpha value is -2.55. The van der Waals surface area contributed by atoms with E-state index in [9.17, 15) is 4.79 Å². The lowest BCUT2D eigenvalue weighted by atomic mass is 9.91. The van der Waals surface area contributed by atoms with Crippen LogP contribution in [0.1, 0.15) is 24.0 Å². The Kier molecular flexibility index (Phi) is 5.31.